The number of rotatable bonds is 4. The number of hydrogen-bond acceptors (Lipinski definition) is 4. The molecule has 0 spiro atoms. The molecule has 1 aromatic heterocycles. The summed E-state index contributed by atoms with van der Waals surface area (Å²) < 4.78 is 27.9. The van der Waals surface area contributed by atoms with Crippen LogP contribution in [0.15, 0.2) is 15.7 Å². The molecule has 0 bridgehead atoms. The van der Waals surface area contributed by atoms with Crippen molar-refractivity contribution in [1.82, 2.24) is 9.62 Å². The van der Waals surface area contributed by atoms with Gasteiger partial charge in [0.25, 0.3) is 5.91 Å². The number of carbonyl (C=O) groups excluding carboxylic acids is 1. The summed E-state index contributed by atoms with van der Waals surface area (Å²) in [5.74, 6) is -0.0483. The first-order valence-corrected chi connectivity index (χ1v) is 10.3. The fourth-order valence-corrected chi connectivity index (χ4v) is 5.65. The Morgan fingerprint density at radius 1 is 1.14 bits per heavy atom. The molecule has 0 unspecified atom stereocenters. The molecular weight excluding hydrogens is 320 g/mol. The van der Waals surface area contributed by atoms with E-state index in [-0.39, 0.29) is 16.2 Å². The van der Waals surface area contributed by atoms with Crippen LogP contribution in [-0.4, -0.2) is 38.4 Å². The van der Waals surface area contributed by atoms with Crippen LogP contribution in [0.2, 0.25) is 0 Å². The van der Waals surface area contributed by atoms with Crippen LogP contribution in [0.4, 0.5) is 0 Å². The van der Waals surface area contributed by atoms with E-state index in [0.717, 1.165) is 63.0 Å². The second kappa shape index (κ2) is 6.68. The first-order chi connectivity index (χ1) is 10.6. The zero-order chi connectivity index (χ0) is 15.6. The van der Waals surface area contributed by atoms with E-state index in [0.29, 0.717) is 5.56 Å². The van der Waals surface area contributed by atoms with Gasteiger partial charge in [-0.1, -0.05) is 19.3 Å². The van der Waals surface area contributed by atoms with Crippen LogP contribution in [0.5, 0.6) is 0 Å². The van der Waals surface area contributed by atoms with Crippen molar-refractivity contribution in [2.24, 2.45) is 0 Å². The molecule has 0 radical (unpaired) electrons. The van der Waals surface area contributed by atoms with Crippen molar-refractivity contribution in [3.05, 3.63) is 17.0 Å². The fraction of sp³-hybridized carbons (Fsp3) is 0.667. The predicted octanol–water partition coefficient (Wildman–Crippen LogP) is 2.60. The lowest BCUT2D eigenvalue weighted by Gasteiger charge is -2.22. The Bertz CT molecular complexity index is 627. The molecule has 22 heavy (non-hydrogen) atoms. The quantitative estimate of drug-likeness (QED) is 0.914. The second-order valence-corrected chi connectivity index (χ2v) is 8.96. The molecule has 1 aliphatic carbocycles. The molecule has 1 aliphatic heterocycles. The molecule has 1 aromatic rings. The van der Waals surface area contributed by atoms with Gasteiger partial charge in [-0.3, -0.25) is 4.79 Å². The Kier molecular flexibility index (Phi) is 4.84. The normalized spacial score (nSPS) is 20.5. The van der Waals surface area contributed by atoms with E-state index < -0.39 is 10.0 Å². The van der Waals surface area contributed by atoms with Crippen molar-refractivity contribution in [1.29, 1.82) is 0 Å². The van der Waals surface area contributed by atoms with Gasteiger partial charge in [0, 0.05) is 24.5 Å². The van der Waals surface area contributed by atoms with Crippen LogP contribution in [-0.2, 0) is 10.0 Å². The Morgan fingerprint density at radius 2 is 1.82 bits per heavy atom. The van der Waals surface area contributed by atoms with Crippen molar-refractivity contribution in [2.75, 3.05) is 13.1 Å². The Morgan fingerprint density at radius 3 is 2.50 bits per heavy atom. The smallest absolute Gasteiger partial charge is 0.254 e. The molecule has 122 valence electrons. The van der Waals surface area contributed by atoms with Gasteiger partial charge in [0.05, 0.1) is 5.56 Å². The van der Waals surface area contributed by atoms with E-state index >= 15 is 0 Å². The fourth-order valence-electron chi connectivity index (χ4n) is 3.17. The molecule has 2 heterocycles. The van der Waals surface area contributed by atoms with Gasteiger partial charge in [-0.05, 0) is 31.7 Å². The van der Waals surface area contributed by atoms with Crippen LogP contribution in [0, 0.1) is 0 Å². The lowest BCUT2D eigenvalue weighted by Crippen LogP contribution is -2.35. The van der Waals surface area contributed by atoms with Gasteiger partial charge in [-0.2, -0.15) is 0 Å². The minimum Gasteiger partial charge on any atom is -0.339 e. The van der Waals surface area contributed by atoms with Crippen LogP contribution in [0.25, 0.3) is 0 Å². The van der Waals surface area contributed by atoms with Crippen molar-refractivity contribution >= 4 is 27.3 Å². The minimum atomic E-state index is -3.50. The summed E-state index contributed by atoms with van der Waals surface area (Å²) in [4.78, 5) is 14.1. The number of nitrogens with one attached hydrogen (secondary N) is 1. The van der Waals surface area contributed by atoms with Gasteiger partial charge in [0.1, 0.15) is 4.21 Å². The van der Waals surface area contributed by atoms with Gasteiger partial charge in [-0.15, -0.1) is 11.3 Å². The van der Waals surface area contributed by atoms with E-state index in [9.17, 15) is 13.2 Å². The summed E-state index contributed by atoms with van der Waals surface area (Å²) in [5.41, 5.74) is 0.496. The second-order valence-electron chi connectivity index (χ2n) is 6.11. The summed E-state index contributed by atoms with van der Waals surface area (Å²) >= 11 is 1.13. The van der Waals surface area contributed by atoms with Crippen molar-refractivity contribution < 1.29 is 13.2 Å². The summed E-state index contributed by atoms with van der Waals surface area (Å²) in [7, 11) is -3.50. The SMILES string of the molecule is O=C(c1csc(S(=O)(=O)NC2CCCCC2)c1)N1CCCC1. The lowest BCUT2D eigenvalue weighted by atomic mass is 9.96. The highest BCUT2D eigenvalue weighted by atomic mass is 32.2. The molecule has 1 amide bonds. The predicted molar refractivity (Wildman–Crippen MR) is 86.7 cm³/mol. The molecule has 2 aliphatic rings. The van der Waals surface area contributed by atoms with E-state index in [1.165, 1.54) is 12.5 Å². The van der Waals surface area contributed by atoms with Crippen LogP contribution >= 0.6 is 11.3 Å². The summed E-state index contributed by atoms with van der Waals surface area (Å²) in [5, 5.41) is 1.66. The Labute approximate surface area is 135 Å². The maximum Gasteiger partial charge on any atom is 0.254 e. The average Bonchev–Trinajstić information content (AvgIpc) is 3.19. The first kappa shape index (κ1) is 16.0. The summed E-state index contributed by atoms with van der Waals surface area (Å²) in [6.45, 7) is 1.55. The van der Waals surface area contributed by atoms with Crippen molar-refractivity contribution in [2.45, 2.75) is 55.2 Å². The highest BCUT2D eigenvalue weighted by Gasteiger charge is 2.26. The van der Waals surface area contributed by atoms with E-state index in [4.69, 9.17) is 0 Å². The van der Waals surface area contributed by atoms with Crippen LogP contribution in [0.1, 0.15) is 55.3 Å². The molecule has 0 aromatic carbocycles. The first-order valence-electron chi connectivity index (χ1n) is 7.96. The molecule has 1 N–H and O–H groups in total. The van der Waals surface area contributed by atoms with E-state index in [2.05, 4.69) is 4.72 Å². The number of carbonyl (C=O) groups is 1. The standard InChI is InChI=1S/C15H22N2O3S2/c18-15(17-8-4-5-9-17)12-10-14(21-11-12)22(19,20)16-13-6-2-1-3-7-13/h10-11,13,16H,1-9H2. The van der Waals surface area contributed by atoms with Crippen molar-refractivity contribution in [3.8, 4) is 0 Å². The number of amides is 1. The highest BCUT2D eigenvalue weighted by molar-refractivity contribution is 7.91. The molecular formula is C15H22N2O3S2. The number of likely N-dealkylation sites (tertiary alicyclic amines) is 1. The molecule has 7 heteroatoms. The largest absolute Gasteiger partial charge is 0.339 e. The third-order valence-electron chi connectivity index (χ3n) is 4.41. The average molecular weight is 342 g/mol. The van der Waals surface area contributed by atoms with Gasteiger partial charge in [0.2, 0.25) is 10.0 Å². The number of thiophene rings is 1. The lowest BCUT2D eigenvalue weighted by molar-refractivity contribution is 0.0793. The third kappa shape index (κ3) is 3.52. The molecule has 0 atom stereocenters. The highest BCUT2D eigenvalue weighted by Crippen LogP contribution is 2.25. The zero-order valence-electron chi connectivity index (χ0n) is 12.6. The molecule has 2 fully saturated rings. The molecule has 5 nitrogen and oxygen atoms in total. The zero-order valence-corrected chi connectivity index (χ0v) is 14.2. The van der Waals surface area contributed by atoms with E-state index in [1.54, 1.807) is 10.3 Å². The van der Waals surface area contributed by atoms with Gasteiger partial charge in [-0.25, -0.2) is 13.1 Å². The number of hydrogen-bond donors (Lipinski definition) is 1. The minimum absolute atomic E-state index is 0.0404. The molecule has 3 rings (SSSR count). The summed E-state index contributed by atoms with van der Waals surface area (Å²) in [6, 6.07) is 1.56. The summed E-state index contributed by atoms with van der Waals surface area (Å²) in [6.07, 6.45) is 7.22. The number of nitrogens with zero attached hydrogens (tertiary/aromatic N) is 1. The number of sulfonamides is 1. The topological polar surface area (TPSA) is 66.5 Å². The van der Waals surface area contributed by atoms with Gasteiger partial charge in [0.15, 0.2) is 0 Å². The Hall–Kier alpha value is -0.920. The molecule has 1 saturated heterocycles. The molecule has 1 saturated carbocycles. The maximum atomic E-state index is 12.4. The third-order valence-corrected chi connectivity index (χ3v) is 7.37. The van der Waals surface area contributed by atoms with Gasteiger partial charge < -0.3 is 4.90 Å². The van der Waals surface area contributed by atoms with Crippen molar-refractivity contribution in [3.63, 3.8) is 0 Å². The van der Waals surface area contributed by atoms with E-state index in [1.807, 2.05) is 0 Å². The maximum absolute atomic E-state index is 12.4. The van der Waals surface area contributed by atoms with Crippen LogP contribution in [0.3, 0.4) is 0 Å². The Balaban J connectivity index is 1.70. The van der Waals surface area contributed by atoms with Crippen LogP contribution < -0.4 is 4.72 Å². The monoisotopic (exact) mass is 342 g/mol. The van der Waals surface area contributed by atoms with Gasteiger partial charge >= 0.3 is 0 Å².